The van der Waals surface area contributed by atoms with E-state index >= 15 is 0 Å². The van der Waals surface area contributed by atoms with Crippen LogP contribution in [0, 0.1) is 0 Å². The number of esters is 3. The average Bonchev–Trinajstić information content (AvgIpc) is 3.44. The molecule has 1 atom stereocenters. The number of carbonyl (C=O) groups excluding carboxylic acids is 3. The third-order valence-corrected chi connectivity index (χ3v) is 15.6. The lowest BCUT2D eigenvalue weighted by Crippen LogP contribution is -2.30. The number of rotatable bonds is 64. The van der Waals surface area contributed by atoms with E-state index in [0.717, 1.165) is 83.5 Å². The summed E-state index contributed by atoms with van der Waals surface area (Å²) >= 11 is 0. The van der Waals surface area contributed by atoms with Crippen LogP contribution in [0.4, 0.5) is 0 Å². The summed E-state index contributed by atoms with van der Waals surface area (Å²) in [6.45, 7) is 6.56. The van der Waals surface area contributed by atoms with Gasteiger partial charge in [0.1, 0.15) is 13.2 Å². The molecule has 0 aromatic carbocycles. The highest BCUT2D eigenvalue weighted by molar-refractivity contribution is 5.71. The van der Waals surface area contributed by atoms with Crippen molar-refractivity contribution in [3.8, 4) is 0 Å². The van der Waals surface area contributed by atoms with Crippen molar-refractivity contribution < 1.29 is 28.6 Å². The number of hydrogen-bond donors (Lipinski definition) is 0. The summed E-state index contributed by atoms with van der Waals surface area (Å²) in [7, 11) is 0. The van der Waals surface area contributed by atoms with Crippen LogP contribution in [0.1, 0.15) is 374 Å². The van der Waals surface area contributed by atoms with Crippen LogP contribution in [-0.4, -0.2) is 37.2 Å². The maximum Gasteiger partial charge on any atom is 0.306 e. The maximum absolute atomic E-state index is 12.9. The summed E-state index contributed by atoms with van der Waals surface area (Å²) in [6.07, 6.45) is 84.6. The van der Waals surface area contributed by atoms with Crippen molar-refractivity contribution in [1.82, 2.24) is 0 Å². The molecule has 1 unspecified atom stereocenters. The predicted molar refractivity (Wildman–Crippen MR) is 339 cm³/mol. The molecule has 6 nitrogen and oxygen atoms in total. The fourth-order valence-corrected chi connectivity index (χ4v) is 10.4. The van der Waals surface area contributed by atoms with Gasteiger partial charge in [-0.25, -0.2) is 0 Å². The van der Waals surface area contributed by atoms with Gasteiger partial charge in [0.2, 0.25) is 0 Å². The highest BCUT2D eigenvalue weighted by Gasteiger charge is 2.19. The van der Waals surface area contributed by atoms with Crippen molar-refractivity contribution in [1.29, 1.82) is 0 Å². The molecule has 0 aliphatic rings. The molecule has 0 aliphatic heterocycles. The zero-order valence-corrected chi connectivity index (χ0v) is 52.5. The van der Waals surface area contributed by atoms with Crippen LogP contribution >= 0.6 is 0 Å². The van der Waals surface area contributed by atoms with Gasteiger partial charge in [-0.1, -0.05) is 345 Å². The summed E-state index contributed by atoms with van der Waals surface area (Å²) in [4.78, 5) is 38.2. The molecule has 6 heteroatoms. The molecule has 456 valence electrons. The Kier molecular flexibility index (Phi) is 64.6. The first-order valence-corrected chi connectivity index (χ1v) is 34.6. The number of unbranched alkanes of at least 4 members (excludes halogenated alkanes) is 45. The second kappa shape index (κ2) is 66.9. The number of allylic oxidation sites excluding steroid dienone is 8. The largest absolute Gasteiger partial charge is 0.462 e. The first-order valence-electron chi connectivity index (χ1n) is 34.6. The van der Waals surface area contributed by atoms with Gasteiger partial charge in [0, 0.05) is 19.3 Å². The Labute approximate surface area is 486 Å². The lowest BCUT2D eigenvalue weighted by Gasteiger charge is -2.18. The molecule has 0 radical (unpaired) electrons. The van der Waals surface area contributed by atoms with Crippen LogP contribution in [0.25, 0.3) is 0 Å². The van der Waals surface area contributed by atoms with E-state index in [1.165, 1.54) is 250 Å². The van der Waals surface area contributed by atoms with E-state index in [9.17, 15) is 14.4 Å². The van der Waals surface area contributed by atoms with Crippen LogP contribution in [-0.2, 0) is 28.6 Å². The van der Waals surface area contributed by atoms with Gasteiger partial charge in [0.05, 0.1) is 0 Å². The topological polar surface area (TPSA) is 78.9 Å². The van der Waals surface area contributed by atoms with Crippen LogP contribution in [0.3, 0.4) is 0 Å². The maximum atomic E-state index is 12.9. The van der Waals surface area contributed by atoms with Crippen molar-refractivity contribution in [3.05, 3.63) is 48.6 Å². The molecular weight excluding hydrogens is 961 g/mol. The van der Waals surface area contributed by atoms with Gasteiger partial charge in [-0.3, -0.25) is 14.4 Å². The van der Waals surface area contributed by atoms with Gasteiger partial charge >= 0.3 is 17.9 Å². The Bertz CT molecular complexity index is 1350. The van der Waals surface area contributed by atoms with Gasteiger partial charge in [-0.2, -0.15) is 0 Å². The quantitative estimate of drug-likeness (QED) is 0.0261. The van der Waals surface area contributed by atoms with Gasteiger partial charge in [0.25, 0.3) is 0 Å². The Morgan fingerprint density at radius 1 is 0.269 bits per heavy atom. The second-order valence-corrected chi connectivity index (χ2v) is 23.4. The Morgan fingerprint density at radius 3 is 0.782 bits per heavy atom. The van der Waals surface area contributed by atoms with E-state index in [0.29, 0.717) is 19.3 Å². The molecule has 0 aromatic rings. The van der Waals surface area contributed by atoms with Crippen LogP contribution < -0.4 is 0 Å². The van der Waals surface area contributed by atoms with E-state index < -0.39 is 6.10 Å². The highest BCUT2D eigenvalue weighted by atomic mass is 16.6. The normalized spacial score (nSPS) is 12.3. The first kappa shape index (κ1) is 75.4. The average molecular weight is 1090 g/mol. The van der Waals surface area contributed by atoms with Crippen molar-refractivity contribution in [2.75, 3.05) is 13.2 Å². The van der Waals surface area contributed by atoms with E-state index in [4.69, 9.17) is 14.2 Å². The summed E-state index contributed by atoms with van der Waals surface area (Å²) in [5.74, 6) is -0.842. The Morgan fingerprint density at radius 2 is 0.500 bits per heavy atom. The van der Waals surface area contributed by atoms with Gasteiger partial charge in [-0.05, 0) is 57.8 Å². The molecule has 0 bridgehead atoms. The molecule has 78 heavy (non-hydrogen) atoms. The molecule has 0 saturated heterocycles. The molecule has 0 N–H and O–H groups in total. The zero-order valence-electron chi connectivity index (χ0n) is 52.5. The summed E-state index contributed by atoms with van der Waals surface area (Å²) in [5.41, 5.74) is 0. The van der Waals surface area contributed by atoms with Crippen molar-refractivity contribution in [3.63, 3.8) is 0 Å². The van der Waals surface area contributed by atoms with E-state index in [2.05, 4.69) is 69.4 Å². The molecule has 0 aromatic heterocycles. The lowest BCUT2D eigenvalue weighted by atomic mass is 10.0. The molecule has 0 heterocycles. The summed E-state index contributed by atoms with van der Waals surface area (Å²) in [5, 5.41) is 0. The predicted octanol–water partition coefficient (Wildman–Crippen LogP) is 23.7. The fourth-order valence-electron chi connectivity index (χ4n) is 10.4. The molecule has 0 saturated carbocycles. The number of hydrogen-bond acceptors (Lipinski definition) is 6. The van der Waals surface area contributed by atoms with Crippen LogP contribution in [0.2, 0.25) is 0 Å². The molecule has 0 fully saturated rings. The summed E-state index contributed by atoms with van der Waals surface area (Å²) in [6, 6.07) is 0. The van der Waals surface area contributed by atoms with Crippen molar-refractivity contribution >= 4 is 17.9 Å². The van der Waals surface area contributed by atoms with Gasteiger partial charge < -0.3 is 14.2 Å². The molecule has 0 rings (SSSR count). The first-order chi connectivity index (χ1) is 38.5. The number of ether oxygens (including phenoxy) is 3. The van der Waals surface area contributed by atoms with Gasteiger partial charge in [0.15, 0.2) is 6.10 Å². The third-order valence-electron chi connectivity index (χ3n) is 15.6. The van der Waals surface area contributed by atoms with Crippen molar-refractivity contribution in [2.24, 2.45) is 0 Å². The van der Waals surface area contributed by atoms with Gasteiger partial charge in [-0.15, -0.1) is 0 Å². The molecule has 0 aliphatic carbocycles. The van der Waals surface area contributed by atoms with E-state index in [-0.39, 0.29) is 31.1 Å². The molecular formula is C72H132O6. The highest BCUT2D eigenvalue weighted by Crippen LogP contribution is 2.18. The lowest BCUT2D eigenvalue weighted by molar-refractivity contribution is -0.167. The number of carbonyl (C=O) groups is 3. The minimum absolute atomic E-state index is 0.0650. The van der Waals surface area contributed by atoms with Crippen molar-refractivity contribution in [2.45, 2.75) is 380 Å². The van der Waals surface area contributed by atoms with Crippen LogP contribution in [0.5, 0.6) is 0 Å². The smallest absolute Gasteiger partial charge is 0.306 e. The minimum atomic E-state index is -0.765. The SMILES string of the molecule is CC/C=C\C/C=C\C/C=C\C/C=C\CCCCCCCCCCCCCCCCCCCCCCCCC(=O)OCC(COC(=O)CCCCCCCCCC)OC(=O)CCCCCCCCCCCCCCCCCCC. The summed E-state index contributed by atoms with van der Waals surface area (Å²) < 4.78 is 16.9. The Balaban J connectivity index is 3.96. The Hall–Kier alpha value is -2.63. The molecule has 0 amide bonds. The second-order valence-electron chi connectivity index (χ2n) is 23.4. The monoisotopic (exact) mass is 1090 g/mol. The zero-order chi connectivity index (χ0) is 56.4. The third kappa shape index (κ3) is 64.2. The minimum Gasteiger partial charge on any atom is -0.462 e. The molecule has 0 spiro atoms. The van der Waals surface area contributed by atoms with E-state index in [1.54, 1.807) is 0 Å². The fraction of sp³-hybridized carbons (Fsp3) is 0.847. The standard InChI is InChI=1S/C72H132O6/c1-4-7-10-13-16-19-21-23-25-27-28-29-30-31-32-33-34-35-36-37-38-39-40-41-42-43-44-46-47-49-51-53-56-59-62-65-71(74)77-68-69(67-76-70(73)64-61-58-55-18-15-12-9-6-3)78-72(75)66-63-60-57-54-52-50-48-45-26-24-22-20-17-14-11-8-5-2/h7,10,16,19,23,25,28-29,69H,4-6,8-9,11-15,17-18,20-22,24,26-27,30-68H2,1-3H3/b10-7-,19-16-,25-23-,29-28-. The van der Waals surface area contributed by atoms with E-state index in [1.807, 2.05) is 0 Å². The van der Waals surface area contributed by atoms with Crippen LogP contribution in [0.15, 0.2) is 48.6 Å².